The Hall–Kier alpha value is -2.76. The second-order valence-corrected chi connectivity index (χ2v) is 5.57. The molecule has 2 aromatic rings. The number of urea groups is 1. The third-order valence-corrected chi connectivity index (χ3v) is 4.05. The quantitative estimate of drug-likeness (QED) is 0.879. The number of nitrogens with zero attached hydrogens (tertiary/aromatic N) is 2. The van der Waals surface area contributed by atoms with Gasteiger partial charge in [-0.05, 0) is 43.2 Å². The van der Waals surface area contributed by atoms with Crippen molar-refractivity contribution < 1.29 is 14.3 Å². The first-order chi connectivity index (χ1) is 11.1. The molecule has 0 saturated carbocycles. The summed E-state index contributed by atoms with van der Waals surface area (Å²) in [6, 6.07) is 10.5. The fourth-order valence-corrected chi connectivity index (χ4v) is 2.85. The Balaban J connectivity index is 1.65. The molecule has 2 heterocycles. The molecule has 1 aliphatic rings. The number of esters is 1. The average molecular weight is 313 g/mol. The highest BCUT2D eigenvalue weighted by molar-refractivity contribution is 5.90. The predicted octanol–water partition coefficient (Wildman–Crippen LogP) is 2.18. The summed E-state index contributed by atoms with van der Waals surface area (Å²) in [7, 11) is 0. The van der Waals surface area contributed by atoms with Gasteiger partial charge in [0.05, 0.1) is 11.6 Å². The van der Waals surface area contributed by atoms with Crippen molar-refractivity contribution in [3.8, 4) is 5.69 Å². The largest absolute Gasteiger partial charge is 0.460 e. The topological polar surface area (TPSA) is 77.6 Å². The molecule has 0 aliphatic carbocycles. The third-order valence-electron chi connectivity index (χ3n) is 4.05. The summed E-state index contributed by atoms with van der Waals surface area (Å²) in [5, 5.41) is 0. The zero-order valence-corrected chi connectivity index (χ0v) is 12.7. The lowest BCUT2D eigenvalue weighted by molar-refractivity contribution is 0.0422. The number of nitrogens with two attached hydrogens (primary N) is 1. The summed E-state index contributed by atoms with van der Waals surface area (Å²) >= 11 is 0. The van der Waals surface area contributed by atoms with Crippen molar-refractivity contribution in [1.29, 1.82) is 0 Å². The summed E-state index contributed by atoms with van der Waals surface area (Å²) < 4.78 is 7.29. The Labute approximate surface area is 134 Å². The van der Waals surface area contributed by atoms with E-state index in [-0.39, 0.29) is 12.6 Å². The van der Waals surface area contributed by atoms with E-state index in [1.165, 1.54) is 0 Å². The highest BCUT2D eigenvalue weighted by atomic mass is 16.5. The van der Waals surface area contributed by atoms with Crippen molar-refractivity contribution in [2.45, 2.75) is 18.9 Å². The van der Waals surface area contributed by atoms with E-state index in [1.807, 2.05) is 41.2 Å². The molecule has 0 radical (unpaired) electrons. The van der Waals surface area contributed by atoms with Crippen LogP contribution in [-0.2, 0) is 4.74 Å². The summed E-state index contributed by atoms with van der Waals surface area (Å²) in [5.41, 5.74) is 6.70. The van der Waals surface area contributed by atoms with Crippen LogP contribution in [-0.4, -0.2) is 40.7 Å². The standard InChI is InChI=1S/C17H19N3O3/c18-17(22)20-10-4-7-15(20)12-23-16(21)13-5-3-6-14(11-13)19-8-1-2-9-19/h1-3,5-6,8-9,11,15H,4,7,10,12H2,(H2,18,22)/t15-/m0/s1. The number of primary amides is 1. The van der Waals surface area contributed by atoms with Gasteiger partial charge in [-0.2, -0.15) is 0 Å². The molecule has 1 fully saturated rings. The summed E-state index contributed by atoms with van der Waals surface area (Å²) in [6.07, 6.45) is 5.51. The SMILES string of the molecule is NC(=O)N1CCC[C@H]1COC(=O)c1cccc(-n2cccc2)c1. The zero-order chi connectivity index (χ0) is 16.2. The van der Waals surface area contributed by atoms with Gasteiger partial charge >= 0.3 is 12.0 Å². The van der Waals surface area contributed by atoms with Crippen molar-refractivity contribution in [3.05, 3.63) is 54.4 Å². The molecule has 0 spiro atoms. The molecule has 0 unspecified atom stereocenters. The molecule has 23 heavy (non-hydrogen) atoms. The maximum Gasteiger partial charge on any atom is 0.338 e. The van der Waals surface area contributed by atoms with Crippen LogP contribution < -0.4 is 5.73 Å². The number of hydrogen-bond donors (Lipinski definition) is 1. The molecule has 1 atom stereocenters. The van der Waals surface area contributed by atoms with E-state index in [0.29, 0.717) is 12.1 Å². The Kier molecular flexibility index (Phi) is 4.32. The molecular weight excluding hydrogens is 294 g/mol. The lowest BCUT2D eigenvalue weighted by Gasteiger charge is -2.22. The first-order valence-electron chi connectivity index (χ1n) is 7.62. The number of carbonyl (C=O) groups is 2. The monoisotopic (exact) mass is 313 g/mol. The minimum Gasteiger partial charge on any atom is -0.460 e. The van der Waals surface area contributed by atoms with Crippen LogP contribution >= 0.6 is 0 Å². The molecule has 0 bridgehead atoms. The average Bonchev–Trinajstić information content (AvgIpc) is 3.24. The van der Waals surface area contributed by atoms with Gasteiger partial charge in [0, 0.05) is 24.6 Å². The third kappa shape index (κ3) is 3.36. The lowest BCUT2D eigenvalue weighted by atomic mass is 10.2. The van der Waals surface area contributed by atoms with Crippen LogP contribution in [0.3, 0.4) is 0 Å². The number of ether oxygens (including phenoxy) is 1. The molecule has 1 saturated heterocycles. The van der Waals surface area contributed by atoms with Gasteiger partial charge in [0.2, 0.25) is 0 Å². The maximum absolute atomic E-state index is 12.2. The minimum atomic E-state index is -0.460. The molecule has 2 N–H and O–H groups in total. The molecular formula is C17H19N3O3. The second kappa shape index (κ2) is 6.56. The fourth-order valence-electron chi connectivity index (χ4n) is 2.85. The van der Waals surface area contributed by atoms with Crippen molar-refractivity contribution in [2.75, 3.05) is 13.2 Å². The van der Waals surface area contributed by atoms with Crippen molar-refractivity contribution >= 4 is 12.0 Å². The number of amides is 2. The first-order valence-corrected chi connectivity index (χ1v) is 7.62. The minimum absolute atomic E-state index is 0.121. The molecule has 2 amide bonds. The van der Waals surface area contributed by atoms with E-state index in [1.54, 1.807) is 17.0 Å². The number of aromatic nitrogens is 1. The van der Waals surface area contributed by atoms with Crippen LogP contribution in [0.25, 0.3) is 5.69 Å². The summed E-state index contributed by atoms with van der Waals surface area (Å²) in [5.74, 6) is -0.393. The van der Waals surface area contributed by atoms with Crippen LogP contribution in [0.4, 0.5) is 4.79 Å². The normalized spacial score (nSPS) is 17.2. The number of likely N-dealkylation sites (tertiary alicyclic amines) is 1. The first kappa shape index (κ1) is 15.1. The van der Waals surface area contributed by atoms with Crippen LogP contribution in [0.5, 0.6) is 0 Å². The van der Waals surface area contributed by atoms with E-state index < -0.39 is 12.0 Å². The maximum atomic E-state index is 12.2. The number of carbonyl (C=O) groups excluding carboxylic acids is 2. The molecule has 1 aromatic heterocycles. The fraction of sp³-hybridized carbons (Fsp3) is 0.294. The smallest absolute Gasteiger partial charge is 0.338 e. The van der Waals surface area contributed by atoms with Gasteiger partial charge < -0.3 is 19.9 Å². The van der Waals surface area contributed by atoms with Crippen molar-refractivity contribution in [3.63, 3.8) is 0 Å². The molecule has 1 aromatic carbocycles. The summed E-state index contributed by atoms with van der Waals surface area (Å²) in [6.45, 7) is 0.802. The van der Waals surface area contributed by atoms with Crippen molar-refractivity contribution in [1.82, 2.24) is 9.47 Å². The molecule has 1 aliphatic heterocycles. The number of rotatable bonds is 4. The highest BCUT2D eigenvalue weighted by Gasteiger charge is 2.28. The number of benzene rings is 1. The van der Waals surface area contributed by atoms with Gasteiger partial charge in [0.1, 0.15) is 6.61 Å². The van der Waals surface area contributed by atoms with Crippen LogP contribution in [0.2, 0.25) is 0 Å². The van der Waals surface area contributed by atoms with E-state index in [4.69, 9.17) is 10.5 Å². The van der Waals surface area contributed by atoms with E-state index in [0.717, 1.165) is 18.5 Å². The van der Waals surface area contributed by atoms with E-state index in [9.17, 15) is 9.59 Å². The molecule has 6 nitrogen and oxygen atoms in total. The summed E-state index contributed by atoms with van der Waals surface area (Å²) in [4.78, 5) is 25.1. The van der Waals surface area contributed by atoms with Crippen molar-refractivity contribution in [2.24, 2.45) is 5.73 Å². The van der Waals surface area contributed by atoms with Gasteiger partial charge in [0.25, 0.3) is 0 Å². The zero-order valence-electron chi connectivity index (χ0n) is 12.7. The molecule has 120 valence electrons. The van der Waals surface area contributed by atoms with Crippen LogP contribution in [0.15, 0.2) is 48.8 Å². The van der Waals surface area contributed by atoms with E-state index in [2.05, 4.69) is 0 Å². The Bertz CT molecular complexity index is 697. The van der Waals surface area contributed by atoms with Gasteiger partial charge in [-0.3, -0.25) is 0 Å². The Morgan fingerprint density at radius 2 is 2.00 bits per heavy atom. The Morgan fingerprint density at radius 1 is 1.22 bits per heavy atom. The highest BCUT2D eigenvalue weighted by Crippen LogP contribution is 2.18. The van der Waals surface area contributed by atoms with Crippen LogP contribution in [0.1, 0.15) is 23.2 Å². The lowest BCUT2D eigenvalue weighted by Crippen LogP contribution is -2.41. The molecule has 6 heteroatoms. The Morgan fingerprint density at radius 3 is 2.74 bits per heavy atom. The van der Waals surface area contributed by atoms with Gasteiger partial charge in [-0.25, -0.2) is 9.59 Å². The predicted molar refractivity (Wildman–Crippen MR) is 85.4 cm³/mol. The van der Waals surface area contributed by atoms with E-state index >= 15 is 0 Å². The number of hydrogen-bond acceptors (Lipinski definition) is 3. The second-order valence-electron chi connectivity index (χ2n) is 5.57. The van der Waals surface area contributed by atoms with Gasteiger partial charge in [-0.1, -0.05) is 6.07 Å². The molecule has 3 rings (SSSR count). The van der Waals surface area contributed by atoms with Crippen LogP contribution in [0, 0.1) is 0 Å². The van der Waals surface area contributed by atoms with Gasteiger partial charge in [0.15, 0.2) is 0 Å². The van der Waals surface area contributed by atoms with Gasteiger partial charge in [-0.15, -0.1) is 0 Å².